The molecule has 0 bridgehead atoms. The average Bonchev–Trinajstić information content (AvgIpc) is 2.71. The second-order valence-electron chi connectivity index (χ2n) is 3.42. The standard InChI is InChI=1S/C10H8INO6/c1-16-8-6(11)4-3-18-10(13)5(4)7(12(14)15)9(8)17-2/h3H2,1-2H3. The molecule has 0 unspecified atom stereocenters. The fourth-order valence-corrected chi connectivity index (χ4v) is 2.71. The third-order valence-corrected chi connectivity index (χ3v) is 3.71. The molecule has 0 aliphatic carbocycles. The summed E-state index contributed by atoms with van der Waals surface area (Å²) < 4.78 is 15.5. The first-order chi connectivity index (χ1) is 8.52. The van der Waals surface area contributed by atoms with Gasteiger partial charge in [0.1, 0.15) is 12.2 Å². The molecule has 1 aliphatic heterocycles. The SMILES string of the molecule is COc1c(I)c2c(c([N+](=O)[O-])c1OC)C(=O)OC2. The molecule has 7 nitrogen and oxygen atoms in total. The van der Waals surface area contributed by atoms with Crippen LogP contribution in [0.1, 0.15) is 15.9 Å². The summed E-state index contributed by atoms with van der Waals surface area (Å²) in [6, 6.07) is 0. The van der Waals surface area contributed by atoms with Gasteiger partial charge in [-0.25, -0.2) is 4.79 Å². The van der Waals surface area contributed by atoms with Crippen LogP contribution >= 0.6 is 22.6 Å². The molecule has 0 aromatic heterocycles. The predicted molar refractivity (Wildman–Crippen MR) is 68.0 cm³/mol. The Labute approximate surface area is 115 Å². The van der Waals surface area contributed by atoms with Crippen LogP contribution in [0.3, 0.4) is 0 Å². The third kappa shape index (κ3) is 1.67. The van der Waals surface area contributed by atoms with Gasteiger partial charge in [-0.15, -0.1) is 0 Å². The number of nitro benzene ring substituents is 1. The van der Waals surface area contributed by atoms with Crippen LogP contribution in [0.5, 0.6) is 11.5 Å². The van der Waals surface area contributed by atoms with E-state index < -0.39 is 16.6 Å². The molecule has 1 heterocycles. The number of carbonyl (C=O) groups is 1. The van der Waals surface area contributed by atoms with Crippen molar-refractivity contribution in [3.8, 4) is 11.5 Å². The number of esters is 1. The molecule has 0 atom stereocenters. The van der Waals surface area contributed by atoms with Crippen molar-refractivity contribution in [1.29, 1.82) is 0 Å². The van der Waals surface area contributed by atoms with Crippen LogP contribution in [0.2, 0.25) is 0 Å². The Morgan fingerprint density at radius 2 is 1.94 bits per heavy atom. The minimum Gasteiger partial charge on any atom is -0.492 e. The molecule has 1 aromatic rings. The normalized spacial score (nSPS) is 12.9. The number of carbonyl (C=O) groups excluding carboxylic acids is 1. The van der Waals surface area contributed by atoms with E-state index in [2.05, 4.69) is 0 Å². The molecule has 0 amide bonds. The number of hydrogen-bond acceptors (Lipinski definition) is 6. The van der Waals surface area contributed by atoms with Crippen LogP contribution in [0.25, 0.3) is 0 Å². The summed E-state index contributed by atoms with van der Waals surface area (Å²) in [4.78, 5) is 22.0. The van der Waals surface area contributed by atoms with Crippen molar-refractivity contribution in [2.75, 3.05) is 14.2 Å². The van der Waals surface area contributed by atoms with Crippen molar-refractivity contribution in [3.05, 3.63) is 24.8 Å². The van der Waals surface area contributed by atoms with E-state index in [4.69, 9.17) is 14.2 Å². The molecule has 0 spiro atoms. The highest BCUT2D eigenvalue weighted by Gasteiger charge is 2.39. The molecule has 0 radical (unpaired) electrons. The van der Waals surface area contributed by atoms with Crippen molar-refractivity contribution in [2.24, 2.45) is 0 Å². The van der Waals surface area contributed by atoms with Gasteiger partial charge >= 0.3 is 11.7 Å². The maximum Gasteiger partial charge on any atom is 0.346 e. The molecule has 96 valence electrons. The van der Waals surface area contributed by atoms with E-state index in [1.807, 2.05) is 22.6 Å². The lowest BCUT2D eigenvalue weighted by Gasteiger charge is -2.12. The zero-order valence-corrected chi connectivity index (χ0v) is 11.6. The van der Waals surface area contributed by atoms with E-state index in [0.717, 1.165) is 0 Å². The van der Waals surface area contributed by atoms with Gasteiger partial charge in [0.05, 0.1) is 22.7 Å². The number of nitrogens with zero attached hydrogens (tertiary/aromatic N) is 1. The molecule has 0 N–H and O–H groups in total. The van der Waals surface area contributed by atoms with Gasteiger partial charge in [0, 0.05) is 5.56 Å². The summed E-state index contributed by atoms with van der Waals surface area (Å²) in [6.45, 7) is 0.00757. The Balaban J connectivity index is 2.89. The first kappa shape index (κ1) is 12.9. The monoisotopic (exact) mass is 365 g/mol. The van der Waals surface area contributed by atoms with Crippen LogP contribution in [-0.4, -0.2) is 25.1 Å². The lowest BCUT2D eigenvalue weighted by molar-refractivity contribution is -0.386. The Bertz CT molecular complexity index is 556. The minimum absolute atomic E-state index is 0.00757. The number of cyclic esters (lactones) is 1. The summed E-state index contributed by atoms with van der Waals surface area (Å²) >= 11 is 1.95. The number of halogens is 1. The van der Waals surface area contributed by atoms with Crippen molar-refractivity contribution in [3.63, 3.8) is 0 Å². The first-order valence-electron chi connectivity index (χ1n) is 4.80. The topological polar surface area (TPSA) is 87.9 Å². The predicted octanol–water partition coefficient (Wildman–Crippen LogP) is 1.89. The van der Waals surface area contributed by atoms with Gasteiger partial charge in [0.15, 0.2) is 5.75 Å². The second kappa shape index (κ2) is 4.59. The summed E-state index contributed by atoms with van der Waals surface area (Å²) in [5, 5.41) is 11.1. The molecule has 18 heavy (non-hydrogen) atoms. The van der Waals surface area contributed by atoms with Crippen LogP contribution in [0.4, 0.5) is 5.69 Å². The van der Waals surface area contributed by atoms with Crippen molar-refractivity contribution < 1.29 is 23.9 Å². The Morgan fingerprint density at radius 3 is 2.44 bits per heavy atom. The number of rotatable bonds is 3. The number of nitro groups is 1. The average molecular weight is 365 g/mol. The minimum atomic E-state index is -0.712. The third-order valence-electron chi connectivity index (χ3n) is 2.57. The molecule has 2 rings (SSSR count). The maximum absolute atomic E-state index is 11.6. The highest BCUT2D eigenvalue weighted by atomic mass is 127. The van der Waals surface area contributed by atoms with Crippen LogP contribution in [0.15, 0.2) is 0 Å². The number of methoxy groups -OCH3 is 2. The fraction of sp³-hybridized carbons (Fsp3) is 0.300. The van der Waals surface area contributed by atoms with E-state index >= 15 is 0 Å². The summed E-state index contributed by atoms with van der Waals surface area (Å²) in [7, 11) is 2.67. The molecular formula is C10H8INO6. The largest absolute Gasteiger partial charge is 0.492 e. The van der Waals surface area contributed by atoms with Crippen molar-refractivity contribution in [1.82, 2.24) is 0 Å². The van der Waals surface area contributed by atoms with E-state index in [0.29, 0.717) is 9.13 Å². The van der Waals surface area contributed by atoms with Gasteiger partial charge in [0.2, 0.25) is 5.75 Å². The van der Waals surface area contributed by atoms with Crippen molar-refractivity contribution >= 4 is 34.2 Å². The quantitative estimate of drug-likeness (QED) is 0.352. The number of ether oxygens (including phenoxy) is 3. The van der Waals surface area contributed by atoms with E-state index in [-0.39, 0.29) is 23.7 Å². The van der Waals surface area contributed by atoms with Crippen LogP contribution in [-0.2, 0) is 11.3 Å². The maximum atomic E-state index is 11.6. The van der Waals surface area contributed by atoms with E-state index in [1.165, 1.54) is 14.2 Å². The van der Waals surface area contributed by atoms with Gasteiger partial charge in [-0.3, -0.25) is 10.1 Å². The fourth-order valence-electron chi connectivity index (χ4n) is 1.82. The first-order valence-corrected chi connectivity index (χ1v) is 5.88. The van der Waals surface area contributed by atoms with Crippen molar-refractivity contribution in [2.45, 2.75) is 6.61 Å². The Kier molecular flexibility index (Phi) is 3.28. The smallest absolute Gasteiger partial charge is 0.346 e. The number of benzene rings is 1. The molecule has 0 fully saturated rings. The molecule has 1 aromatic carbocycles. The summed E-state index contributed by atoms with van der Waals surface area (Å²) in [6.07, 6.45) is 0. The number of fused-ring (bicyclic) bond motifs is 1. The van der Waals surface area contributed by atoms with Gasteiger partial charge in [0.25, 0.3) is 0 Å². The summed E-state index contributed by atoms with van der Waals surface area (Å²) in [5.41, 5.74) is -0.000680. The molecule has 8 heteroatoms. The molecule has 1 aliphatic rings. The van der Waals surface area contributed by atoms with Crippen LogP contribution < -0.4 is 9.47 Å². The van der Waals surface area contributed by atoms with Gasteiger partial charge in [-0.05, 0) is 22.6 Å². The zero-order chi connectivity index (χ0) is 13.4. The van der Waals surface area contributed by atoms with Crippen LogP contribution in [0, 0.1) is 13.7 Å². The molecular weight excluding hydrogens is 357 g/mol. The van der Waals surface area contributed by atoms with E-state index in [9.17, 15) is 14.9 Å². The zero-order valence-electron chi connectivity index (χ0n) is 9.48. The Morgan fingerprint density at radius 1 is 1.33 bits per heavy atom. The highest BCUT2D eigenvalue weighted by molar-refractivity contribution is 14.1. The molecule has 0 saturated heterocycles. The Hall–Kier alpha value is -1.58. The molecule has 0 saturated carbocycles. The van der Waals surface area contributed by atoms with Gasteiger partial charge in [-0.1, -0.05) is 0 Å². The van der Waals surface area contributed by atoms with Gasteiger partial charge in [-0.2, -0.15) is 0 Å². The number of hydrogen-bond donors (Lipinski definition) is 0. The highest BCUT2D eigenvalue weighted by Crippen LogP contribution is 2.47. The van der Waals surface area contributed by atoms with Gasteiger partial charge < -0.3 is 14.2 Å². The second-order valence-corrected chi connectivity index (χ2v) is 4.49. The lowest BCUT2D eigenvalue weighted by atomic mass is 10.1. The van der Waals surface area contributed by atoms with E-state index in [1.54, 1.807) is 0 Å². The lowest BCUT2D eigenvalue weighted by Crippen LogP contribution is -2.06. The summed E-state index contributed by atoms with van der Waals surface area (Å²) in [5.74, 6) is -0.540.